The van der Waals surface area contributed by atoms with Crippen molar-refractivity contribution in [2.24, 2.45) is 0 Å². The molecule has 0 aliphatic carbocycles. The molecule has 1 N–H and O–H groups in total. The molecule has 29 heavy (non-hydrogen) atoms. The molecule has 0 spiro atoms. The molecule has 0 radical (unpaired) electrons. The largest absolute Gasteiger partial charge is 0.492 e. The summed E-state index contributed by atoms with van der Waals surface area (Å²) in [5.41, 5.74) is 0.283. The van der Waals surface area contributed by atoms with Gasteiger partial charge in [0.25, 0.3) is 0 Å². The maximum atomic E-state index is 13.1. The first-order valence-corrected chi connectivity index (χ1v) is 11.0. The minimum absolute atomic E-state index is 0.0433. The highest BCUT2D eigenvalue weighted by Gasteiger charge is 2.27. The molecule has 0 bridgehead atoms. The molecule has 2 heterocycles. The van der Waals surface area contributed by atoms with E-state index in [1.54, 1.807) is 36.4 Å². The van der Waals surface area contributed by atoms with E-state index < -0.39 is 15.9 Å². The summed E-state index contributed by atoms with van der Waals surface area (Å²) in [4.78, 5) is 14.3. The molecule has 152 valence electrons. The molecule has 7 nitrogen and oxygen atoms in total. The van der Waals surface area contributed by atoms with Crippen molar-refractivity contribution in [3.8, 4) is 5.75 Å². The number of carbonyl (C=O) groups is 1. The highest BCUT2D eigenvalue weighted by atomic mass is 32.2. The van der Waals surface area contributed by atoms with Crippen molar-refractivity contribution in [2.45, 2.75) is 22.8 Å². The van der Waals surface area contributed by atoms with Gasteiger partial charge in [-0.05, 0) is 56.3 Å². The van der Waals surface area contributed by atoms with E-state index in [9.17, 15) is 18.3 Å². The van der Waals surface area contributed by atoms with Gasteiger partial charge in [-0.3, -0.25) is 4.90 Å². The number of benzene rings is 2. The van der Waals surface area contributed by atoms with Gasteiger partial charge < -0.3 is 9.84 Å². The third kappa shape index (κ3) is 3.73. The van der Waals surface area contributed by atoms with Crippen LogP contribution in [0.3, 0.4) is 0 Å². The highest BCUT2D eigenvalue weighted by molar-refractivity contribution is 7.91. The van der Waals surface area contributed by atoms with Gasteiger partial charge >= 0.3 is 6.09 Å². The van der Waals surface area contributed by atoms with Crippen molar-refractivity contribution in [3.05, 3.63) is 54.6 Å². The van der Waals surface area contributed by atoms with Gasteiger partial charge in [0.15, 0.2) is 5.03 Å². The lowest BCUT2D eigenvalue weighted by atomic mass is 10.2. The Bertz CT molecular complexity index is 1130. The molecule has 8 heteroatoms. The molecule has 0 unspecified atom stereocenters. The first-order chi connectivity index (χ1) is 14.0. The summed E-state index contributed by atoms with van der Waals surface area (Å²) in [6.45, 7) is 3.36. The Kier molecular flexibility index (Phi) is 5.29. The number of hydrogen-bond acceptors (Lipinski definition) is 5. The van der Waals surface area contributed by atoms with Gasteiger partial charge in [0, 0.05) is 11.9 Å². The summed E-state index contributed by atoms with van der Waals surface area (Å²) in [5.74, 6) is 0.478. The van der Waals surface area contributed by atoms with E-state index in [1.807, 2.05) is 0 Å². The Hall–Kier alpha value is -2.84. The van der Waals surface area contributed by atoms with Gasteiger partial charge in [-0.25, -0.2) is 17.8 Å². The Morgan fingerprint density at radius 2 is 1.76 bits per heavy atom. The van der Waals surface area contributed by atoms with E-state index in [0.29, 0.717) is 17.7 Å². The fourth-order valence-electron chi connectivity index (χ4n) is 3.71. The number of rotatable bonds is 6. The van der Waals surface area contributed by atoms with Crippen LogP contribution in [0.5, 0.6) is 5.75 Å². The minimum Gasteiger partial charge on any atom is -0.492 e. The van der Waals surface area contributed by atoms with Crippen LogP contribution in [0.2, 0.25) is 0 Å². The summed E-state index contributed by atoms with van der Waals surface area (Å²) in [7, 11) is -4.01. The van der Waals surface area contributed by atoms with Crippen LogP contribution in [0.4, 0.5) is 4.79 Å². The molecule has 0 atom stereocenters. The van der Waals surface area contributed by atoms with E-state index >= 15 is 0 Å². The molecule has 0 amide bonds. The van der Waals surface area contributed by atoms with Gasteiger partial charge in [0.2, 0.25) is 9.84 Å². The number of fused-ring (bicyclic) bond motifs is 1. The van der Waals surface area contributed by atoms with Crippen molar-refractivity contribution in [1.82, 2.24) is 9.47 Å². The quantitative estimate of drug-likeness (QED) is 0.664. The topological polar surface area (TPSA) is 88.8 Å². The van der Waals surface area contributed by atoms with Gasteiger partial charge in [0.1, 0.15) is 12.4 Å². The summed E-state index contributed by atoms with van der Waals surface area (Å²) in [6.07, 6.45) is 1.03. The molecular weight excluding hydrogens is 392 g/mol. The molecule has 1 fully saturated rings. The summed E-state index contributed by atoms with van der Waals surface area (Å²) in [6, 6.07) is 14.2. The Morgan fingerprint density at radius 3 is 2.45 bits per heavy atom. The monoisotopic (exact) mass is 414 g/mol. The van der Waals surface area contributed by atoms with Crippen LogP contribution in [-0.2, 0) is 9.84 Å². The maximum absolute atomic E-state index is 13.1. The first kappa shape index (κ1) is 19.5. The lowest BCUT2D eigenvalue weighted by molar-refractivity contribution is 0.195. The molecule has 1 aliphatic heterocycles. The lowest BCUT2D eigenvalue weighted by Crippen LogP contribution is -2.25. The predicted molar refractivity (Wildman–Crippen MR) is 108 cm³/mol. The van der Waals surface area contributed by atoms with Crippen molar-refractivity contribution >= 4 is 26.8 Å². The molecule has 1 aliphatic rings. The van der Waals surface area contributed by atoms with Gasteiger partial charge in [-0.2, -0.15) is 0 Å². The lowest BCUT2D eigenvalue weighted by Gasteiger charge is -2.15. The smallest absolute Gasteiger partial charge is 0.417 e. The van der Waals surface area contributed by atoms with Crippen molar-refractivity contribution in [2.75, 3.05) is 26.2 Å². The van der Waals surface area contributed by atoms with Crippen molar-refractivity contribution < 1.29 is 23.1 Å². The molecule has 2 aromatic carbocycles. The van der Waals surface area contributed by atoms with Crippen LogP contribution < -0.4 is 4.74 Å². The van der Waals surface area contributed by atoms with Crippen LogP contribution in [0.15, 0.2) is 64.5 Å². The van der Waals surface area contributed by atoms with E-state index in [0.717, 1.165) is 24.2 Å². The fourth-order valence-corrected chi connectivity index (χ4v) is 5.16. The third-order valence-electron chi connectivity index (χ3n) is 5.16. The summed E-state index contributed by atoms with van der Waals surface area (Å²) < 4.78 is 32.9. The van der Waals surface area contributed by atoms with E-state index in [-0.39, 0.29) is 15.4 Å². The highest BCUT2D eigenvalue weighted by Crippen LogP contribution is 2.33. The van der Waals surface area contributed by atoms with Gasteiger partial charge in [-0.15, -0.1) is 0 Å². The second-order valence-electron chi connectivity index (χ2n) is 7.00. The maximum Gasteiger partial charge on any atom is 0.417 e. The van der Waals surface area contributed by atoms with E-state index in [1.165, 1.54) is 31.0 Å². The molecular formula is C21H22N2O5S. The van der Waals surface area contributed by atoms with E-state index in [4.69, 9.17) is 4.74 Å². The number of ether oxygens (including phenoxy) is 1. The zero-order valence-corrected chi connectivity index (χ0v) is 16.6. The molecule has 3 aromatic rings. The third-order valence-corrected chi connectivity index (χ3v) is 6.90. The Balaban J connectivity index is 1.73. The Labute approximate surface area is 169 Å². The number of sulfone groups is 1. The number of carboxylic acid groups (broad SMARTS) is 1. The zero-order valence-electron chi connectivity index (χ0n) is 15.8. The fraction of sp³-hybridized carbons (Fsp3) is 0.286. The number of nitrogens with zero attached hydrogens (tertiary/aromatic N) is 2. The number of aromatic nitrogens is 1. The molecule has 4 rings (SSSR count). The Morgan fingerprint density at radius 1 is 1.03 bits per heavy atom. The van der Waals surface area contributed by atoms with Crippen LogP contribution in [-0.4, -0.2) is 55.3 Å². The SMILES string of the molecule is O=C(O)n1c(S(=O)(=O)c2ccccc2)cc2c(OCCN3CCCC3)cccc21. The molecule has 1 saturated heterocycles. The van der Waals surface area contributed by atoms with E-state index in [2.05, 4.69) is 4.90 Å². The van der Waals surface area contributed by atoms with Gasteiger partial charge in [0.05, 0.1) is 10.4 Å². The minimum atomic E-state index is -4.01. The predicted octanol–water partition coefficient (Wildman–Crippen LogP) is 3.47. The second kappa shape index (κ2) is 7.88. The standard InChI is InChI=1S/C21H22N2O5S/c24-21(25)23-18-9-6-10-19(28-14-13-22-11-4-5-12-22)17(18)15-20(23)29(26,27)16-7-2-1-3-8-16/h1-3,6-10,15H,4-5,11-14H2,(H,24,25). The van der Waals surface area contributed by atoms with Crippen molar-refractivity contribution in [3.63, 3.8) is 0 Å². The summed E-state index contributed by atoms with van der Waals surface area (Å²) in [5, 5.41) is 9.90. The summed E-state index contributed by atoms with van der Waals surface area (Å²) >= 11 is 0. The average molecular weight is 414 g/mol. The molecule has 1 aromatic heterocycles. The van der Waals surface area contributed by atoms with Crippen LogP contribution in [0, 0.1) is 0 Å². The number of hydrogen-bond donors (Lipinski definition) is 1. The van der Waals surface area contributed by atoms with Crippen LogP contribution in [0.25, 0.3) is 10.9 Å². The van der Waals surface area contributed by atoms with Gasteiger partial charge in [-0.1, -0.05) is 24.3 Å². The van der Waals surface area contributed by atoms with Crippen LogP contribution >= 0.6 is 0 Å². The zero-order chi connectivity index (χ0) is 20.4. The molecule has 0 saturated carbocycles. The second-order valence-corrected chi connectivity index (χ2v) is 8.90. The van der Waals surface area contributed by atoms with Crippen LogP contribution in [0.1, 0.15) is 12.8 Å². The first-order valence-electron chi connectivity index (χ1n) is 9.51. The number of likely N-dealkylation sites (tertiary alicyclic amines) is 1. The average Bonchev–Trinajstić information content (AvgIpc) is 3.37. The normalized spacial score (nSPS) is 15.0. The van der Waals surface area contributed by atoms with Crippen molar-refractivity contribution in [1.29, 1.82) is 0 Å².